The van der Waals surface area contributed by atoms with Gasteiger partial charge in [-0.05, 0) is 55.5 Å². The third-order valence-electron chi connectivity index (χ3n) is 4.41. The van der Waals surface area contributed by atoms with Crippen LogP contribution in [0.25, 0.3) is 11.3 Å². The van der Waals surface area contributed by atoms with E-state index in [2.05, 4.69) is 25.6 Å². The van der Waals surface area contributed by atoms with E-state index in [0.717, 1.165) is 27.7 Å². The fourth-order valence-corrected chi connectivity index (χ4v) is 3.67. The number of aromatic nitrogens is 3. The zero-order chi connectivity index (χ0) is 21.5. The lowest BCUT2D eigenvalue weighted by Gasteiger charge is -2.11. The largest absolute Gasteiger partial charge is 0.494 e. The molecule has 0 saturated carbocycles. The number of rotatable bonds is 8. The maximum absolute atomic E-state index is 12.8. The van der Waals surface area contributed by atoms with Crippen molar-refractivity contribution >= 4 is 28.7 Å². The number of carbonyl (C=O) groups is 1. The van der Waals surface area contributed by atoms with Gasteiger partial charge in [-0.1, -0.05) is 0 Å². The SMILES string of the molecule is CCOc1ccc(Nc2ncccc2C(=O)NCc2nc(-c3ccncc3)cs2)cc1. The highest BCUT2D eigenvalue weighted by molar-refractivity contribution is 7.09. The Morgan fingerprint density at radius 2 is 1.87 bits per heavy atom. The number of anilines is 2. The van der Waals surface area contributed by atoms with Crippen LogP contribution in [0.1, 0.15) is 22.3 Å². The lowest BCUT2D eigenvalue weighted by Crippen LogP contribution is -2.24. The minimum Gasteiger partial charge on any atom is -0.494 e. The van der Waals surface area contributed by atoms with Crippen molar-refractivity contribution in [3.8, 4) is 17.0 Å². The van der Waals surface area contributed by atoms with E-state index < -0.39 is 0 Å². The number of benzene rings is 1. The molecule has 2 N–H and O–H groups in total. The quantitative estimate of drug-likeness (QED) is 0.421. The van der Waals surface area contributed by atoms with Crippen molar-refractivity contribution in [3.63, 3.8) is 0 Å². The van der Waals surface area contributed by atoms with E-state index in [-0.39, 0.29) is 5.91 Å². The summed E-state index contributed by atoms with van der Waals surface area (Å²) in [6.07, 6.45) is 5.12. The number of hydrogen-bond donors (Lipinski definition) is 2. The van der Waals surface area contributed by atoms with Gasteiger partial charge in [-0.3, -0.25) is 9.78 Å². The summed E-state index contributed by atoms with van der Waals surface area (Å²) in [7, 11) is 0. The predicted molar refractivity (Wildman–Crippen MR) is 122 cm³/mol. The summed E-state index contributed by atoms with van der Waals surface area (Å²) in [5.74, 6) is 1.06. The first-order chi connectivity index (χ1) is 15.2. The number of nitrogens with one attached hydrogen (secondary N) is 2. The smallest absolute Gasteiger partial charge is 0.255 e. The van der Waals surface area contributed by atoms with Crippen molar-refractivity contribution in [2.24, 2.45) is 0 Å². The second-order valence-corrected chi connectivity index (χ2v) is 7.47. The minimum atomic E-state index is -0.220. The normalized spacial score (nSPS) is 10.5. The molecule has 0 unspecified atom stereocenters. The topological polar surface area (TPSA) is 89.0 Å². The molecule has 0 aliphatic carbocycles. The average Bonchev–Trinajstić information content (AvgIpc) is 3.29. The number of carbonyl (C=O) groups excluding carboxylic acids is 1. The van der Waals surface area contributed by atoms with Crippen molar-refractivity contribution < 1.29 is 9.53 Å². The van der Waals surface area contributed by atoms with Gasteiger partial charge < -0.3 is 15.4 Å². The Hall–Kier alpha value is -3.78. The molecule has 0 aliphatic rings. The van der Waals surface area contributed by atoms with Crippen LogP contribution in [-0.2, 0) is 6.54 Å². The van der Waals surface area contributed by atoms with E-state index in [9.17, 15) is 4.79 Å². The van der Waals surface area contributed by atoms with Crippen LogP contribution in [0.4, 0.5) is 11.5 Å². The van der Waals surface area contributed by atoms with Crippen LogP contribution >= 0.6 is 11.3 Å². The molecule has 3 heterocycles. The highest BCUT2D eigenvalue weighted by Crippen LogP contribution is 2.23. The van der Waals surface area contributed by atoms with Crippen LogP contribution < -0.4 is 15.4 Å². The van der Waals surface area contributed by atoms with Crippen molar-refractivity contribution in [2.45, 2.75) is 13.5 Å². The van der Waals surface area contributed by atoms with Crippen molar-refractivity contribution in [1.29, 1.82) is 0 Å². The van der Waals surface area contributed by atoms with Crippen molar-refractivity contribution in [3.05, 3.63) is 83.1 Å². The lowest BCUT2D eigenvalue weighted by molar-refractivity contribution is 0.0951. The molecule has 4 aromatic rings. The van der Waals surface area contributed by atoms with Gasteiger partial charge in [0.15, 0.2) is 0 Å². The Morgan fingerprint density at radius 1 is 1.06 bits per heavy atom. The van der Waals surface area contributed by atoms with Crippen LogP contribution in [0.15, 0.2) is 72.5 Å². The molecule has 0 atom stereocenters. The molecule has 0 radical (unpaired) electrons. The number of amides is 1. The molecule has 0 aliphatic heterocycles. The molecular weight excluding hydrogens is 410 g/mol. The summed E-state index contributed by atoms with van der Waals surface area (Å²) in [5.41, 5.74) is 3.15. The van der Waals surface area contributed by atoms with Crippen LogP contribution in [-0.4, -0.2) is 27.5 Å². The van der Waals surface area contributed by atoms with Crippen LogP contribution in [0.3, 0.4) is 0 Å². The summed E-state index contributed by atoms with van der Waals surface area (Å²) in [6, 6.07) is 14.8. The Bertz CT molecular complexity index is 1150. The maximum atomic E-state index is 12.8. The van der Waals surface area contributed by atoms with Gasteiger partial charge in [-0.15, -0.1) is 11.3 Å². The summed E-state index contributed by atoms with van der Waals surface area (Å²) in [5, 5.41) is 8.92. The van der Waals surface area contributed by atoms with Gasteiger partial charge in [0, 0.05) is 35.2 Å². The Labute approximate surface area is 184 Å². The van der Waals surface area contributed by atoms with Gasteiger partial charge in [-0.25, -0.2) is 9.97 Å². The molecule has 4 rings (SSSR count). The molecular formula is C23H21N5O2S. The number of pyridine rings is 2. The van der Waals surface area contributed by atoms with E-state index in [1.165, 1.54) is 11.3 Å². The number of thiazole rings is 1. The van der Waals surface area contributed by atoms with E-state index in [1.54, 1.807) is 30.7 Å². The van der Waals surface area contributed by atoms with Gasteiger partial charge in [0.05, 0.1) is 24.4 Å². The van der Waals surface area contributed by atoms with Crippen molar-refractivity contribution in [2.75, 3.05) is 11.9 Å². The fourth-order valence-electron chi connectivity index (χ4n) is 2.92. The molecule has 0 fully saturated rings. The molecule has 31 heavy (non-hydrogen) atoms. The number of ether oxygens (including phenoxy) is 1. The molecule has 0 spiro atoms. The van der Waals surface area contributed by atoms with E-state index >= 15 is 0 Å². The van der Waals surface area contributed by atoms with Gasteiger partial charge in [-0.2, -0.15) is 0 Å². The predicted octanol–water partition coefficient (Wildman–Crippen LogP) is 4.67. The van der Waals surface area contributed by atoms with Crippen LogP contribution in [0, 0.1) is 0 Å². The molecule has 8 heteroatoms. The summed E-state index contributed by atoms with van der Waals surface area (Å²) >= 11 is 1.50. The van der Waals surface area contributed by atoms with Crippen LogP contribution in [0.5, 0.6) is 5.75 Å². The highest BCUT2D eigenvalue weighted by Gasteiger charge is 2.13. The van der Waals surface area contributed by atoms with Crippen molar-refractivity contribution in [1.82, 2.24) is 20.3 Å². The monoisotopic (exact) mass is 431 g/mol. The molecule has 7 nitrogen and oxygen atoms in total. The first-order valence-electron chi connectivity index (χ1n) is 9.81. The molecule has 3 aromatic heterocycles. The highest BCUT2D eigenvalue weighted by atomic mass is 32.1. The van der Waals surface area contributed by atoms with Crippen LogP contribution in [0.2, 0.25) is 0 Å². The van der Waals surface area contributed by atoms with Gasteiger partial charge in [0.2, 0.25) is 0 Å². The first kappa shape index (κ1) is 20.5. The maximum Gasteiger partial charge on any atom is 0.255 e. The third kappa shape index (κ3) is 5.23. The molecule has 156 valence electrons. The minimum absolute atomic E-state index is 0.220. The Kier molecular flexibility index (Phi) is 6.49. The van der Waals surface area contributed by atoms with Gasteiger partial charge >= 0.3 is 0 Å². The first-order valence-corrected chi connectivity index (χ1v) is 10.7. The van der Waals surface area contributed by atoms with E-state index in [1.807, 2.05) is 48.7 Å². The summed E-state index contributed by atoms with van der Waals surface area (Å²) in [6.45, 7) is 2.89. The Morgan fingerprint density at radius 3 is 2.65 bits per heavy atom. The fraction of sp³-hybridized carbons (Fsp3) is 0.130. The zero-order valence-corrected chi connectivity index (χ0v) is 17.7. The number of hydrogen-bond acceptors (Lipinski definition) is 7. The van der Waals surface area contributed by atoms with E-state index in [0.29, 0.717) is 24.5 Å². The molecule has 1 aromatic carbocycles. The van der Waals surface area contributed by atoms with E-state index in [4.69, 9.17) is 4.74 Å². The lowest BCUT2D eigenvalue weighted by atomic mass is 10.2. The standard InChI is InChI=1S/C23H21N5O2S/c1-2-30-18-7-5-17(6-8-18)27-22-19(4-3-11-25-22)23(29)26-14-21-28-20(15-31-21)16-9-12-24-13-10-16/h3-13,15H,2,14H2,1H3,(H,25,27)(H,26,29). The average molecular weight is 432 g/mol. The molecule has 1 amide bonds. The zero-order valence-electron chi connectivity index (χ0n) is 16.9. The van der Waals surface area contributed by atoms with Gasteiger partial charge in [0.1, 0.15) is 16.6 Å². The second kappa shape index (κ2) is 9.82. The second-order valence-electron chi connectivity index (χ2n) is 6.53. The number of nitrogens with zero attached hydrogens (tertiary/aromatic N) is 3. The summed E-state index contributed by atoms with van der Waals surface area (Å²) in [4.78, 5) is 25.7. The van der Waals surface area contributed by atoms with Gasteiger partial charge in [0.25, 0.3) is 5.91 Å². The third-order valence-corrected chi connectivity index (χ3v) is 5.26. The molecule has 0 saturated heterocycles. The Balaban J connectivity index is 1.42. The summed E-state index contributed by atoms with van der Waals surface area (Å²) < 4.78 is 5.46. The molecule has 0 bridgehead atoms.